The second-order valence-corrected chi connectivity index (χ2v) is 9.04. The Kier molecular flexibility index (Phi) is 5.31. The first-order chi connectivity index (χ1) is 18.3. The van der Waals surface area contributed by atoms with Crippen LogP contribution >= 0.6 is 0 Å². The summed E-state index contributed by atoms with van der Waals surface area (Å²) < 4.78 is 13.7. The minimum atomic E-state index is -0.555. The summed E-state index contributed by atoms with van der Waals surface area (Å²) >= 11 is 0. The number of fused-ring (bicyclic) bond motifs is 2. The minimum absolute atomic E-state index is 0.0958. The fourth-order valence-corrected chi connectivity index (χ4v) is 4.45. The maximum absolute atomic E-state index is 13.1. The van der Waals surface area contributed by atoms with Gasteiger partial charge >= 0.3 is 0 Å². The Labute approximate surface area is 214 Å². The van der Waals surface area contributed by atoms with Gasteiger partial charge in [0.2, 0.25) is 0 Å². The zero-order chi connectivity index (χ0) is 26.6. The van der Waals surface area contributed by atoms with Crippen LogP contribution in [0, 0.1) is 6.92 Å². The summed E-state index contributed by atoms with van der Waals surface area (Å²) in [5, 5.41) is 0.438. The van der Waals surface area contributed by atoms with Crippen LogP contribution in [0.3, 0.4) is 0 Å². The summed E-state index contributed by atoms with van der Waals surface area (Å²) in [6.45, 7) is 2.01. The molecule has 8 heteroatoms. The summed E-state index contributed by atoms with van der Waals surface area (Å²) in [6.07, 6.45) is 0. The zero-order valence-electron chi connectivity index (χ0n) is 20.4. The van der Waals surface area contributed by atoms with Crippen LogP contribution in [0.2, 0.25) is 0 Å². The Bertz CT molecular complexity index is 1960. The molecule has 0 unspecified atom stereocenters. The normalized spacial score (nSPS) is 11.3. The van der Waals surface area contributed by atoms with Gasteiger partial charge in [0.25, 0.3) is 22.2 Å². The molecule has 2 heterocycles. The van der Waals surface area contributed by atoms with Gasteiger partial charge in [-0.2, -0.15) is 0 Å². The van der Waals surface area contributed by atoms with Gasteiger partial charge in [0.1, 0.15) is 23.0 Å². The molecule has 6 rings (SSSR count). The molecule has 0 atom stereocenters. The molecule has 0 spiro atoms. The van der Waals surface area contributed by atoms with E-state index in [9.17, 15) is 19.2 Å². The van der Waals surface area contributed by atoms with Crippen molar-refractivity contribution in [2.75, 3.05) is 0 Å². The van der Waals surface area contributed by atoms with Crippen molar-refractivity contribution in [1.29, 1.82) is 0 Å². The number of aromatic nitrogens is 2. The molecule has 0 aliphatic rings. The topological polar surface area (TPSA) is 96.6 Å². The molecular formula is C30H20N2O6. The third-order valence-corrected chi connectivity index (χ3v) is 6.51. The minimum Gasteiger partial charge on any atom is -0.457 e. The van der Waals surface area contributed by atoms with E-state index in [4.69, 9.17) is 9.47 Å². The standard InChI is InChI=1S/C30H20N2O6/c1-17-3-7-19(8-4-17)37-21-11-13-22(14-12-21)38-20-9-5-18(6-10-20)32-29(35)25-15-23-24(16-26(25)30(32)36)28(34)31(2)27(23)33/h3-16H,1-2H3. The molecule has 8 nitrogen and oxygen atoms in total. The highest BCUT2D eigenvalue weighted by Gasteiger charge is 2.19. The molecule has 2 aromatic heterocycles. The molecule has 0 amide bonds. The van der Waals surface area contributed by atoms with E-state index in [0.717, 1.165) is 20.4 Å². The van der Waals surface area contributed by atoms with E-state index in [-0.39, 0.29) is 21.5 Å². The van der Waals surface area contributed by atoms with Crippen LogP contribution in [0.5, 0.6) is 23.0 Å². The summed E-state index contributed by atoms with van der Waals surface area (Å²) in [4.78, 5) is 50.8. The average Bonchev–Trinajstić information content (AvgIpc) is 3.30. The van der Waals surface area contributed by atoms with E-state index in [1.807, 2.05) is 31.2 Å². The lowest BCUT2D eigenvalue weighted by atomic mass is 10.1. The average molecular weight is 504 g/mol. The van der Waals surface area contributed by atoms with Gasteiger partial charge in [-0.15, -0.1) is 0 Å². The molecule has 0 aliphatic heterocycles. The highest BCUT2D eigenvalue weighted by Crippen LogP contribution is 2.27. The lowest BCUT2D eigenvalue weighted by Gasteiger charge is -2.09. The predicted octanol–water partition coefficient (Wildman–Crippen LogP) is 4.33. The first-order valence-corrected chi connectivity index (χ1v) is 11.8. The largest absolute Gasteiger partial charge is 0.457 e. The lowest BCUT2D eigenvalue weighted by molar-refractivity contribution is 0.469. The van der Waals surface area contributed by atoms with Crippen LogP contribution < -0.4 is 31.7 Å². The Morgan fingerprint density at radius 1 is 0.500 bits per heavy atom. The Balaban J connectivity index is 1.26. The first-order valence-electron chi connectivity index (χ1n) is 11.8. The molecule has 38 heavy (non-hydrogen) atoms. The number of ether oxygens (including phenoxy) is 2. The van der Waals surface area contributed by atoms with Crippen molar-refractivity contribution in [2.45, 2.75) is 6.92 Å². The van der Waals surface area contributed by atoms with Crippen molar-refractivity contribution >= 4 is 21.5 Å². The second kappa shape index (κ2) is 8.70. The van der Waals surface area contributed by atoms with Crippen molar-refractivity contribution in [1.82, 2.24) is 9.13 Å². The molecule has 0 saturated heterocycles. The fraction of sp³-hybridized carbons (Fsp3) is 0.0667. The van der Waals surface area contributed by atoms with Gasteiger partial charge in [-0.1, -0.05) is 17.7 Å². The molecule has 0 bridgehead atoms. The maximum atomic E-state index is 13.1. The fourth-order valence-electron chi connectivity index (χ4n) is 4.45. The number of benzene rings is 4. The van der Waals surface area contributed by atoms with Crippen LogP contribution in [-0.4, -0.2) is 9.13 Å². The van der Waals surface area contributed by atoms with Gasteiger partial charge in [-0.05, 0) is 79.7 Å². The molecule has 186 valence electrons. The van der Waals surface area contributed by atoms with Crippen molar-refractivity contribution in [3.8, 4) is 28.7 Å². The number of aryl methyl sites for hydroxylation is 1. The maximum Gasteiger partial charge on any atom is 0.266 e. The third kappa shape index (κ3) is 3.79. The first kappa shape index (κ1) is 23.2. The van der Waals surface area contributed by atoms with Gasteiger partial charge in [0.15, 0.2) is 0 Å². The molecule has 0 N–H and O–H groups in total. The van der Waals surface area contributed by atoms with E-state index in [0.29, 0.717) is 22.9 Å². The number of hydrogen-bond donors (Lipinski definition) is 0. The summed E-state index contributed by atoms with van der Waals surface area (Å²) in [5.74, 6) is 2.51. The van der Waals surface area contributed by atoms with Gasteiger partial charge in [0.05, 0.1) is 27.2 Å². The van der Waals surface area contributed by atoms with E-state index in [2.05, 4.69) is 0 Å². The molecular weight excluding hydrogens is 484 g/mol. The molecule has 0 saturated carbocycles. The zero-order valence-corrected chi connectivity index (χ0v) is 20.4. The van der Waals surface area contributed by atoms with E-state index >= 15 is 0 Å². The smallest absolute Gasteiger partial charge is 0.266 e. The molecule has 4 aromatic carbocycles. The Morgan fingerprint density at radius 3 is 1.26 bits per heavy atom. The monoisotopic (exact) mass is 504 g/mol. The van der Waals surface area contributed by atoms with E-state index < -0.39 is 22.2 Å². The molecule has 0 radical (unpaired) electrons. The summed E-state index contributed by atoms with van der Waals surface area (Å²) in [7, 11) is 1.36. The SMILES string of the molecule is Cc1ccc(Oc2ccc(Oc3ccc(-n4c(=O)c5cc6c(=O)n(C)c(=O)c6cc5c4=O)cc3)cc2)cc1. The third-order valence-electron chi connectivity index (χ3n) is 6.51. The highest BCUT2D eigenvalue weighted by molar-refractivity contribution is 5.98. The van der Waals surface area contributed by atoms with Crippen molar-refractivity contribution < 1.29 is 9.47 Å². The Morgan fingerprint density at radius 2 is 0.842 bits per heavy atom. The summed E-state index contributed by atoms with van der Waals surface area (Å²) in [6, 6.07) is 24.1. The molecule has 0 aliphatic carbocycles. The van der Waals surface area contributed by atoms with Crippen LogP contribution in [0.4, 0.5) is 0 Å². The number of rotatable bonds is 5. The summed E-state index contributed by atoms with van der Waals surface area (Å²) in [5.41, 5.74) is -0.605. The van der Waals surface area contributed by atoms with Gasteiger partial charge in [0, 0.05) is 7.05 Å². The van der Waals surface area contributed by atoms with Crippen molar-refractivity contribution in [2.24, 2.45) is 7.05 Å². The Hall–Kier alpha value is -5.24. The van der Waals surface area contributed by atoms with Crippen LogP contribution in [0.1, 0.15) is 5.56 Å². The highest BCUT2D eigenvalue weighted by atomic mass is 16.5. The lowest BCUT2D eigenvalue weighted by Crippen LogP contribution is -2.23. The van der Waals surface area contributed by atoms with Crippen LogP contribution in [0.25, 0.3) is 27.2 Å². The van der Waals surface area contributed by atoms with Crippen molar-refractivity contribution in [3.05, 3.63) is 132 Å². The van der Waals surface area contributed by atoms with Gasteiger partial charge in [-0.25, -0.2) is 4.57 Å². The van der Waals surface area contributed by atoms with Crippen molar-refractivity contribution in [3.63, 3.8) is 0 Å². The van der Waals surface area contributed by atoms with Crippen LogP contribution in [-0.2, 0) is 7.05 Å². The van der Waals surface area contributed by atoms with Gasteiger partial charge in [-0.3, -0.25) is 23.7 Å². The van der Waals surface area contributed by atoms with E-state index in [1.165, 1.54) is 19.2 Å². The number of hydrogen-bond acceptors (Lipinski definition) is 6. The number of nitrogens with zero attached hydrogens (tertiary/aromatic N) is 2. The molecule has 0 fully saturated rings. The quantitative estimate of drug-likeness (QED) is 0.347. The predicted molar refractivity (Wildman–Crippen MR) is 145 cm³/mol. The van der Waals surface area contributed by atoms with Gasteiger partial charge < -0.3 is 9.47 Å². The second-order valence-electron chi connectivity index (χ2n) is 9.04. The van der Waals surface area contributed by atoms with E-state index in [1.54, 1.807) is 48.5 Å². The van der Waals surface area contributed by atoms with Crippen LogP contribution in [0.15, 0.2) is 104 Å². The molecule has 6 aromatic rings.